The smallest absolute Gasteiger partial charge is 0.309 e. The highest BCUT2D eigenvalue weighted by Crippen LogP contribution is 2.37. The third kappa shape index (κ3) is 5.12. The predicted octanol–water partition coefficient (Wildman–Crippen LogP) is 5.14. The lowest BCUT2D eigenvalue weighted by Gasteiger charge is -2.35. The first-order valence-electron chi connectivity index (χ1n) is 11.9. The molecule has 2 aromatic carbocycles. The summed E-state index contributed by atoms with van der Waals surface area (Å²) in [7, 11) is 0. The maximum atomic E-state index is 12.0. The summed E-state index contributed by atoms with van der Waals surface area (Å²) in [4.78, 5) is 17.1. The van der Waals surface area contributed by atoms with E-state index in [2.05, 4.69) is 66.1 Å². The molecule has 0 unspecified atom stereocenters. The molecule has 1 atom stereocenters. The zero-order valence-electron chi connectivity index (χ0n) is 19.3. The molecule has 166 valence electrons. The molecule has 2 aliphatic heterocycles. The van der Waals surface area contributed by atoms with Gasteiger partial charge in [0.25, 0.3) is 0 Å². The number of piperidine rings is 1. The van der Waals surface area contributed by atoms with Crippen LogP contribution in [0.5, 0.6) is 0 Å². The van der Waals surface area contributed by atoms with Crippen LogP contribution in [0.2, 0.25) is 0 Å². The predicted molar refractivity (Wildman–Crippen MR) is 127 cm³/mol. The van der Waals surface area contributed by atoms with Crippen LogP contribution in [0.25, 0.3) is 0 Å². The topological polar surface area (TPSA) is 32.8 Å². The van der Waals surface area contributed by atoms with E-state index in [0.29, 0.717) is 12.5 Å². The summed E-state index contributed by atoms with van der Waals surface area (Å²) in [5.74, 6) is 0.598. The molecule has 0 aromatic heterocycles. The molecular weight excluding hydrogens is 384 g/mol. The first-order chi connectivity index (χ1) is 15.0. The van der Waals surface area contributed by atoms with E-state index in [9.17, 15) is 4.79 Å². The molecule has 2 heterocycles. The number of ether oxygens (including phenoxy) is 1. The quantitative estimate of drug-likeness (QED) is 0.606. The molecule has 0 saturated carbocycles. The fraction of sp³-hybridized carbons (Fsp3) is 0.519. The largest absolute Gasteiger partial charge is 0.466 e. The first kappa shape index (κ1) is 21.9. The number of fused-ring (bicyclic) bond motifs is 2. The van der Waals surface area contributed by atoms with Gasteiger partial charge in [-0.15, -0.1) is 0 Å². The Balaban J connectivity index is 1.45. The zero-order chi connectivity index (χ0) is 21.8. The number of anilines is 2. The van der Waals surface area contributed by atoms with Crippen molar-refractivity contribution in [1.82, 2.24) is 4.90 Å². The number of para-hydroxylation sites is 1. The molecule has 2 aromatic rings. The molecule has 0 amide bonds. The van der Waals surface area contributed by atoms with Crippen molar-refractivity contribution in [2.24, 2.45) is 11.8 Å². The second-order valence-electron chi connectivity index (χ2n) is 9.30. The van der Waals surface area contributed by atoms with Gasteiger partial charge in [0.15, 0.2) is 0 Å². The lowest BCUT2D eigenvalue weighted by Crippen LogP contribution is -2.41. The average Bonchev–Trinajstić information content (AvgIpc) is 2.91. The molecule has 31 heavy (non-hydrogen) atoms. The Morgan fingerprint density at radius 3 is 2.48 bits per heavy atom. The summed E-state index contributed by atoms with van der Waals surface area (Å²) >= 11 is 0. The normalized spacial score (nSPS) is 18.1. The maximum absolute atomic E-state index is 12.0. The Bertz CT molecular complexity index is 902. The Morgan fingerprint density at radius 1 is 1.03 bits per heavy atom. The zero-order valence-corrected chi connectivity index (χ0v) is 19.3. The molecule has 2 aliphatic rings. The minimum atomic E-state index is -0.0108. The van der Waals surface area contributed by atoms with Gasteiger partial charge in [0.1, 0.15) is 0 Å². The van der Waals surface area contributed by atoms with E-state index < -0.39 is 0 Å². The summed E-state index contributed by atoms with van der Waals surface area (Å²) in [5.41, 5.74) is 6.94. The van der Waals surface area contributed by atoms with Crippen LogP contribution >= 0.6 is 0 Å². The molecule has 0 radical (unpaired) electrons. The Morgan fingerprint density at radius 2 is 1.74 bits per heavy atom. The lowest BCUT2D eigenvalue weighted by molar-refractivity contribution is -0.149. The van der Waals surface area contributed by atoms with Crippen molar-refractivity contribution in [3.05, 3.63) is 59.2 Å². The van der Waals surface area contributed by atoms with E-state index in [1.54, 1.807) is 0 Å². The van der Waals surface area contributed by atoms with E-state index in [0.717, 1.165) is 51.9 Å². The minimum Gasteiger partial charge on any atom is -0.466 e. The van der Waals surface area contributed by atoms with Gasteiger partial charge in [-0.2, -0.15) is 0 Å². The number of carbonyl (C=O) groups is 1. The molecule has 0 bridgehead atoms. The number of carbonyl (C=O) groups excluding carboxylic acids is 1. The summed E-state index contributed by atoms with van der Waals surface area (Å²) in [5, 5.41) is 0. The van der Waals surface area contributed by atoms with Crippen LogP contribution in [0.15, 0.2) is 42.5 Å². The molecular formula is C27H36N2O2. The summed E-state index contributed by atoms with van der Waals surface area (Å²) < 4.78 is 5.22. The second kappa shape index (κ2) is 9.86. The highest BCUT2D eigenvalue weighted by Gasteiger charge is 2.28. The number of nitrogens with zero attached hydrogens (tertiary/aromatic N) is 2. The van der Waals surface area contributed by atoms with E-state index in [4.69, 9.17) is 4.74 Å². The third-order valence-electron chi connectivity index (χ3n) is 6.75. The monoisotopic (exact) mass is 420 g/mol. The number of aryl methyl sites for hydroxylation is 3. The maximum Gasteiger partial charge on any atom is 0.309 e. The number of hydrogen-bond donors (Lipinski definition) is 0. The molecule has 1 fully saturated rings. The summed E-state index contributed by atoms with van der Waals surface area (Å²) in [6.45, 7) is 11.0. The Kier molecular flexibility index (Phi) is 6.96. The standard InChI is InChI=1S/C27H36N2O2/c1-4-31-27(30)24-13-15-28(16-14-24)18-21(3)19-29-25-8-6-5-7-22(25)11-12-23-10-9-20(2)17-26(23)29/h5-10,17,21,24H,4,11-16,18-19H2,1-3H3/t21-/m1/s1. The Hall–Kier alpha value is -2.33. The second-order valence-corrected chi connectivity index (χ2v) is 9.30. The SMILES string of the molecule is CCOC(=O)C1CCN(C[C@@H](C)CN2c3ccccc3CCc3ccc(C)cc32)CC1. The highest BCUT2D eigenvalue weighted by molar-refractivity contribution is 5.73. The van der Waals surface area contributed by atoms with Crippen LogP contribution in [0.1, 0.15) is 43.4 Å². The Labute approximate surface area is 187 Å². The highest BCUT2D eigenvalue weighted by atomic mass is 16.5. The van der Waals surface area contributed by atoms with Gasteiger partial charge in [-0.1, -0.05) is 37.3 Å². The fourth-order valence-corrected chi connectivity index (χ4v) is 5.14. The van der Waals surface area contributed by atoms with Gasteiger partial charge >= 0.3 is 5.97 Å². The molecule has 0 spiro atoms. The molecule has 0 aliphatic carbocycles. The minimum absolute atomic E-state index is 0.0108. The van der Waals surface area contributed by atoms with Crippen LogP contribution in [-0.2, 0) is 22.4 Å². The molecule has 4 heteroatoms. The first-order valence-corrected chi connectivity index (χ1v) is 11.9. The fourth-order valence-electron chi connectivity index (χ4n) is 5.14. The van der Waals surface area contributed by atoms with Crippen molar-refractivity contribution in [1.29, 1.82) is 0 Å². The van der Waals surface area contributed by atoms with Gasteiger partial charge in [-0.3, -0.25) is 4.79 Å². The van der Waals surface area contributed by atoms with Crippen molar-refractivity contribution in [2.75, 3.05) is 37.7 Å². The number of likely N-dealkylation sites (tertiary alicyclic amines) is 1. The van der Waals surface area contributed by atoms with Gasteiger partial charge < -0.3 is 14.5 Å². The van der Waals surface area contributed by atoms with Crippen LogP contribution < -0.4 is 4.90 Å². The third-order valence-corrected chi connectivity index (χ3v) is 6.75. The van der Waals surface area contributed by atoms with E-state index in [1.165, 1.54) is 28.1 Å². The van der Waals surface area contributed by atoms with Crippen molar-refractivity contribution in [3.8, 4) is 0 Å². The van der Waals surface area contributed by atoms with Crippen molar-refractivity contribution in [3.63, 3.8) is 0 Å². The van der Waals surface area contributed by atoms with Crippen LogP contribution in [0.4, 0.5) is 11.4 Å². The molecule has 0 N–H and O–H groups in total. The van der Waals surface area contributed by atoms with Crippen molar-refractivity contribution in [2.45, 2.75) is 46.5 Å². The van der Waals surface area contributed by atoms with E-state index >= 15 is 0 Å². The van der Waals surface area contributed by atoms with Crippen molar-refractivity contribution >= 4 is 17.3 Å². The number of hydrogen-bond acceptors (Lipinski definition) is 4. The number of esters is 1. The molecule has 4 rings (SSSR count). The summed E-state index contributed by atoms with van der Waals surface area (Å²) in [6.07, 6.45) is 4.03. The number of benzene rings is 2. The van der Waals surface area contributed by atoms with Gasteiger partial charge in [0, 0.05) is 24.5 Å². The van der Waals surface area contributed by atoms with Gasteiger partial charge in [0.2, 0.25) is 0 Å². The molecule has 4 nitrogen and oxygen atoms in total. The average molecular weight is 421 g/mol. The van der Waals surface area contributed by atoms with Gasteiger partial charge in [0.05, 0.1) is 12.5 Å². The van der Waals surface area contributed by atoms with Crippen LogP contribution in [0, 0.1) is 18.8 Å². The van der Waals surface area contributed by atoms with E-state index in [1.807, 2.05) is 6.92 Å². The summed E-state index contributed by atoms with van der Waals surface area (Å²) in [6, 6.07) is 15.8. The van der Waals surface area contributed by atoms with E-state index in [-0.39, 0.29) is 11.9 Å². The van der Waals surface area contributed by atoms with Crippen molar-refractivity contribution < 1.29 is 9.53 Å². The lowest BCUT2D eigenvalue weighted by atomic mass is 9.96. The number of rotatable bonds is 6. The van der Waals surface area contributed by atoms with Crippen LogP contribution in [0.3, 0.4) is 0 Å². The van der Waals surface area contributed by atoms with Gasteiger partial charge in [-0.05, 0) is 87.4 Å². The van der Waals surface area contributed by atoms with Gasteiger partial charge in [-0.25, -0.2) is 0 Å². The van der Waals surface area contributed by atoms with Crippen LogP contribution in [-0.4, -0.2) is 43.7 Å². The molecule has 1 saturated heterocycles.